The Morgan fingerprint density at radius 1 is 1.33 bits per heavy atom. The number of aromatic nitrogens is 3. The molecule has 2 rings (SSSR count). The Morgan fingerprint density at radius 2 is 2.00 bits per heavy atom. The Bertz CT molecular complexity index is 533. The molecule has 0 aliphatic heterocycles. The molecule has 0 radical (unpaired) electrons. The number of hydrogen-bond acceptors (Lipinski definition) is 3. The second-order valence-corrected chi connectivity index (χ2v) is 4.46. The first-order valence-corrected chi connectivity index (χ1v) is 6.14. The maximum atomic E-state index is 13.3. The molecule has 7 heteroatoms. The van der Waals surface area contributed by atoms with Gasteiger partial charge in [0.05, 0.1) is 27.6 Å². The van der Waals surface area contributed by atoms with Gasteiger partial charge in [-0.15, -0.1) is 5.10 Å². The average molecular weight is 289 g/mol. The van der Waals surface area contributed by atoms with E-state index < -0.39 is 5.82 Å². The molecule has 1 aromatic carbocycles. The van der Waals surface area contributed by atoms with Crippen LogP contribution in [0.25, 0.3) is 5.69 Å². The molecule has 96 valence electrons. The molecule has 0 aliphatic rings. The molecule has 0 aliphatic carbocycles. The van der Waals surface area contributed by atoms with Gasteiger partial charge in [0, 0.05) is 6.54 Å². The third kappa shape index (κ3) is 2.63. The van der Waals surface area contributed by atoms with Crippen molar-refractivity contribution in [1.82, 2.24) is 20.3 Å². The van der Waals surface area contributed by atoms with Gasteiger partial charge < -0.3 is 5.32 Å². The van der Waals surface area contributed by atoms with Gasteiger partial charge in [0.2, 0.25) is 0 Å². The van der Waals surface area contributed by atoms with Crippen molar-refractivity contribution in [3.05, 3.63) is 39.9 Å². The lowest BCUT2D eigenvalue weighted by molar-refractivity contribution is 0.626. The van der Waals surface area contributed by atoms with Crippen LogP contribution < -0.4 is 5.32 Å². The van der Waals surface area contributed by atoms with Crippen molar-refractivity contribution < 1.29 is 4.39 Å². The van der Waals surface area contributed by atoms with Gasteiger partial charge in [0.15, 0.2) is 5.82 Å². The maximum absolute atomic E-state index is 13.3. The zero-order chi connectivity index (χ0) is 13.1. The first kappa shape index (κ1) is 13.3. The largest absolute Gasteiger partial charge is 0.311 e. The van der Waals surface area contributed by atoms with Gasteiger partial charge in [-0.05, 0) is 18.7 Å². The van der Waals surface area contributed by atoms with Crippen molar-refractivity contribution in [3.63, 3.8) is 0 Å². The van der Waals surface area contributed by atoms with E-state index >= 15 is 0 Å². The molecule has 0 spiro atoms. The first-order valence-electron chi connectivity index (χ1n) is 5.38. The minimum atomic E-state index is -0.629. The second-order valence-electron chi connectivity index (χ2n) is 3.64. The van der Waals surface area contributed by atoms with Crippen LogP contribution in [-0.4, -0.2) is 21.5 Å². The molecular weight excluding hydrogens is 278 g/mol. The van der Waals surface area contributed by atoms with Crippen molar-refractivity contribution in [3.8, 4) is 5.69 Å². The number of nitrogens with one attached hydrogen (secondary N) is 1. The quantitative estimate of drug-likeness (QED) is 0.880. The highest BCUT2D eigenvalue weighted by atomic mass is 35.5. The van der Waals surface area contributed by atoms with Gasteiger partial charge in [0.1, 0.15) is 0 Å². The van der Waals surface area contributed by atoms with Crippen LogP contribution in [0.1, 0.15) is 12.6 Å². The zero-order valence-electron chi connectivity index (χ0n) is 9.62. The average Bonchev–Trinajstić information content (AvgIpc) is 2.81. The highest BCUT2D eigenvalue weighted by Crippen LogP contribution is 2.26. The van der Waals surface area contributed by atoms with Crippen LogP contribution in [0, 0.1) is 5.82 Å². The molecule has 0 fully saturated rings. The van der Waals surface area contributed by atoms with Crippen molar-refractivity contribution in [2.45, 2.75) is 13.5 Å². The standard InChI is InChI=1S/C11H11Cl2FN4/c1-2-15-5-8-6-16-17-18(8)7-3-9(12)11(14)10(13)4-7/h3-4,6,15H,2,5H2,1H3. The third-order valence-corrected chi connectivity index (χ3v) is 2.94. The predicted molar refractivity (Wildman–Crippen MR) is 68.7 cm³/mol. The lowest BCUT2D eigenvalue weighted by Crippen LogP contribution is -2.15. The lowest BCUT2D eigenvalue weighted by Gasteiger charge is -2.08. The van der Waals surface area contributed by atoms with E-state index in [-0.39, 0.29) is 10.0 Å². The van der Waals surface area contributed by atoms with Gasteiger partial charge in [-0.1, -0.05) is 35.3 Å². The summed E-state index contributed by atoms with van der Waals surface area (Å²) in [5.74, 6) is -0.629. The molecule has 0 unspecified atom stereocenters. The normalized spacial score (nSPS) is 10.9. The first-order chi connectivity index (χ1) is 8.63. The number of benzene rings is 1. The topological polar surface area (TPSA) is 42.7 Å². The number of nitrogens with zero attached hydrogens (tertiary/aromatic N) is 3. The summed E-state index contributed by atoms with van der Waals surface area (Å²) in [6.07, 6.45) is 1.63. The zero-order valence-corrected chi connectivity index (χ0v) is 11.1. The summed E-state index contributed by atoms with van der Waals surface area (Å²) in [6, 6.07) is 2.93. The molecule has 0 amide bonds. The molecule has 2 aromatic rings. The van der Waals surface area contributed by atoms with E-state index in [1.54, 1.807) is 10.9 Å². The van der Waals surface area contributed by atoms with Crippen molar-refractivity contribution in [2.24, 2.45) is 0 Å². The Balaban J connectivity index is 2.40. The number of hydrogen-bond donors (Lipinski definition) is 1. The fourth-order valence-electron chi connectivity index (χ4n) is 1.51. The summed E-state index contributed by atoms with van der Waals surface area (Å²) in [7, 11) is 0. The summed E-state index contributed by atoms with van der Waals surface area (Å²) >= 11 is 11.5. The minimum Gasteiger partial charge on any atom is -0.311 e. The summed E-state index contributed by atoms with van der Waals surface area (Å²) in [5, 5.41) is 10.8. The molecule has 1 N–H and O–H groups in total. The summed E-state index contributed by atoms with van der Waals surface area (Å²) in [5.41, 5.74) is 1.42. The fourth-order valence-corrected chi connectivity index (χ4v) is 1.99. The van der Waals surface area contributed by atoms with E-state index in [0.29, 0.717) is 12.2 Å². The lowest BCUT2D eigenvalue weighted by atomic mass is 10.3. The van der Waals surface area contributed by atoms with Crippen LogP contribution in [0.2, 0.25) is 10.0 Å². The molecule has 4 nitrogen and oxygen atoms in total. The van der Waals surface area contributed by atoms with Crippen LogP contribution in [0.4, 0.5) is 4.39 Å². The van der Waals surface area contributed by atoms with Crippen LogP contribution in [0.3, 0.4) is 0 Å². The minimum absolute atomic E-state index is 0.0394. The third-order valence-electron chi connectivity index (χ3n) is 2.39. The summed E-state index contributed by atoms with van der Waals surface area (Å²) < 4.78 is 14.9. The van der Waals surface area contributed by atoms with E-state index in [9.17, 15) is 4.39 Å². The van der Waals surface area contributed by atoms with E-state index in [1.807, 2.05) is 6.92 Å². The van der Waals surface area contributed by atoms with E-state index in [2.05, 4.69) is 15.6 Å². The number of halogens is 3. The summed E-state index contributed by atoms with van der Waals surface area (Å²) in [6.45, 7) is 3.44. The molecule has 0 saturated carbocycles. The molecule has 18 heavy (non-hydrogen) atoms. The summed E-state index contributed by atoms with van der Waals surface area (Å²) in [4.78, 5) is 0. The highest BCUT2D eigenvalue weighted by molar-refractivity contribution is 6.35. The van der Waals surface area contributed by atoms with E-state index in [1.165, 1.54) is 12.1 Å². The Hall–Kier alpha value is -1.17. The molecule has 1 heterocycles. The smallest absolute Gasteiger partial charge is 0.160 e. The van der Waals surface area contributed by atoms with Crippen LogP contribution in [-0.2, 0) is 6.54 Å². The van der Waals surface area contributed by atoms with E-state index in [0.717, 1.165) is 12.2 Å². The van der Waals surface area contributed by atoms with Gasteiger partial charge in [-0.3, -0.25) is 0 Å². The fraction of sp³-hybridized carbons (Fsp3) is 0.273. The molecule has 0 saturated heterocycles. The van der Waals surface area contributed by atoms with Crippen molar-refractivity contribution in [1.29, 1.82) is 0 Å². The van der Waals surface area contributed by atoms with Crippen LogP contribution >= 0.6 is 23.2 Å². The Labute approximate surface area is 114 Å². The Kier molecular flexibility index (Phi) is 4.16. The van der Waals surface area contributed by atoms with Crippen LogP contribution in [0.15, 0.2) is 18.3 Å². The molecule has 1 aromatic heterocycles. The monoisotopic (exact) mass is 288 g/mol. The SMILES string of the molecule is CCNCc1cnnn1-c1cc(Cl)c(F)c(Cl)c1. The van der Waals surface area contributed by atoms with Gasteiger partial charge in [0.25, 0.3) is 0 Å². The van der Waals surface area contributed by atoms with Gasteiger partial charge >= 0.3 is 0 Å². The van der Waals surface area contributed by atoms with Crippen molar-refractivity contribution >= 4 is 23.2 Å². The molecule has 0 bridgehead atoms. The maximum Gasteiger partial charge on any atom is 0.160 e. The molecular formula is C11H11Cl2FN4. The molecule has 0 atom stereocenters. The highest BCUT2D eigenvalue weighted by Gasteiger charge is 2.12. The van der Waals surface area contributed by atoms with Crippen molar-refractivity contribution in [2.75, 3.05) is 6.54 Å². The predicted octanol–water partition coefficient (Wildman–Crippen LogP) is 2.82. The van der Waals surface area contributed by atoms with Crippen LogP contribution in [0.5, 0.6) is 0 Å². The van der Waals surface area contributed by atoms with Gasteiger partial charge in [-0.2, -0.15) is 0 Å². The number of rotatable bonds is 4. The Morgan fingerprint density at radius 3 is 2.61 bits per heavy atom. The van der Waals surface area contributed by atoms with Gasteiger partial charge in [-0.25, -0.2) is 9.07 Å². The second kappa shape index (κ2) is 5.65. The van der Waals surface area contributed by atoms with E-state index in [4.69, 9.17) is 23.2 Å².